The van der Waals surface area contributed by atoms with Crippen LogP contribution in [0.2, 0.25) is 0 Å². The fourth-order valence-electron chi connectivity index (χ4n) is 3.02. The van der Waals surface area contributed by atoms with Gasteiger partial charge in [-0.1, -0.05) is 17.8 Å². The average molecular weight is 267 g/mol. The van der Waals surface area contributed by atoms with Gasteiger partial charge in [0.25, 0.3) is 0 Å². The summed E-state index contributed by atoms with van der Waals surface area (Å²) in [6.45, 7) is 6.73. The highest BCUT2D eigenvalue weighted by molar-refractivity contribution is 7.15. The standard InChI is InChI=1S/C13H21N3OS/c1-10-12(9-17)18-13(14-10)16-7-6-15-5-3-2-4-11(15)8-16/h11,17H,2-9H2,1H3. The number of aliphatic hydroxyl groups excluding tert-OH is 1. The highest BCUT2D eigenvalue weighted by atomic mass is 32.1. The van der Waals surface area contributed by atoms with E-state index >= 15 is 0 Å². The topological polar surface area (TPSA) is 39.6 Å². The lowest BCUT2D eigenvalue weighted by Gasteiger charge is -2.44. The largest absolute Gasteiger partial charge is 0.391 e. The molecule has 1 aromatic heterocycles. The maximum atomic E-state index is 9.26. The zero-order valence-electron chi connectivity index (χ0n) is 10.9. The van der Waals surface area contributed by atoms with Gasteiger partial charge in [0.1, 0.15) is 0 Å². The van der Waals surface area contributed by atoms with Crippen molar-refractivity contribution < 1.29 is 5.11 Å². The number of aryl methyl sites for hydroxylation is 1. The maximum Gasteiger partial charge on any atom is 0.185 e. The van der Waals surface area contributed by atoms with Crippen molar-refractivity contribution in [3.8, 4) is 0 Å². The van der Waals surface area contributed by atoms with Gasteiger partial charge in [0.15, 0.2) is 5.13 Å². The Morgan fingerprint density at radius 3 is 3.00 bits per heavy atom. The van der Waals surface area contributed by atoms with E-state index in [1.165, 1.54) is 25.8 Å². The summed E-state index contributed by atoms with van der Waals surface area (Å²) in [6.07, 6.45) is 4.06. The molecule has 18 heavy (non-hydrogen) atoms. The van der Waals surface area contributed by atoms with E-state index in [0.29, 0.717) is 6.04 Å². The van der Waals surface area contributed by atoms with Crippen molar-refractivity contribution in [1.82, 2.24) is 9.88 Å². The lowest BCUT2D eigenvalue weighted by atomic mass is 10.00. The minimum absolute atomic E-state index is 0.118. The average Bonchev–Trinajstić information content (AvgIpc) is 2.79. The summed E-state index contributed by atoms with van der Waals surface area (Å²) in [5.74, 6) is 0. The fourth-order valence-corrected chi connectivity index (χ4v) is 3.98. The van der Waals surface area contributed by atoms with E-state index in [1.54, 1.807) is 11.3 Å². The molecule has 1 N–H and O–H groups in total. The second-order valence-corrected chi connectivity index (χ2v) is 6.36. The van der Waals surface area contributed by atoms with E-state index < -0.39 is 0 Å². The van der Waals surface area contributed by atoms with Gasteiger partial charge in [0, 0.05) is 25.7 Å². The van der Waals surface area contributed by atoms with Gasteiger partial charge in [-0.2, -0.15) is 0 Å². The molecule has 2 saturated heterocycles. The van der Waals surface area contributed by atoms with Crippen LogP contribution >= 0.6 is 11.3 Å². The van der Waals surface area contributed by atoms with Gasteiger partial charge in [-0.05, 0) is 26.3 Å². The number of aliphatic hydroxyl groups is 1. The van der Waals surface area contributed by atoms with Crippen LogP contribution in [0.25, 0.3) is 0 Å². The molecule has 0 saturated carbocycles. The Labute approximate surface area is 112 Å². The third-order valence-electron chi connectivity index (χ3n) is 4.13. The van der Waals surface area contributed by atoms with Gasteiger partial charge < -0.3 is 10.0 Å². The maximum absolute atomic E-state index is 9.26. The van der Waals surface area contributed by atoms with Crippen LogP contribution in [0.3, 0.4) is 0 Å². The van der Waals surface area contributed by atoms with Gasteiger partial charge in [-0.3, -0.25) is 4.90 Å². The van der Waals surface area contributed by atoms with Crippen molar-refractivity contribution in [2.24, 2.45) is 0 Å². The van der Waals surface area contributed by atoms with Crippen molar-refractivity contribution in [3.63, 3.8) is 0 Å². The molecule has 100 valence electrons. The number of thiazole rings is 1. The molecule has 0 bridgehead atoms. The first kappa shape index (κ1) is 12.4. The van der Waals surface area contributed by atoms with Crippen LogP contribution in [0, 0.1) is 6.92 Å². The summed E-state index contributed by atoms with van der Waals surface area (Å²) >= 11 is 1.65. The Hall–Kier alpha value is -0.650. The molecule has 0 aliphatic carbocycles. The van der Waals surface area contributed by atoms with Gasteiger partial charge in [-0.15, -0.1) is 0 Å². The summed E-state index contributed by atoms with van der Waals surface area (Å²) < 4.78 is 0. The van der Waals surface area contributed by atoms with Gasteiger partial charge in [0.05, 0.1) is 17.2 Å². The molecule has 2 fully saturated rings. The molecular formula is C13H21N3OS. The predicted octanol–water partition coefficient (Wildman–Crippen LogP) is 1.62. The van der Waals surface area contributed by atoms with Crippen LogP contribution in [-0.2, 0) is 6.61 Å². The van der Waals surface area contributed by atoms with Crippen LogP contribution in [0.4, 0.5) is 5.13 Å². The Balaban J connectivity index is 1.72. The second kappa shape index (κ2) is 5.15. The van der Waals surface area contributed by atoms with E-state index in [2.05, 4.69) is 14.8 Å². The highest BCUT2D eigenvalue weighted by Gasteiger charge is 2.30. The molecule has 0 radical (unpaired) electrons. The summed E-state index contributed by atoms with van der Waals surface area (Å²) in [7, 11) is 0. The number of fused-ring (bicyclic) bond motifs is 1. The van der Waals surface area contributed by atoms with Gasteiger partial charge >= 0.3 is 0 Å². The smallest absolute Gasteiger partial charge is 0.185 e. The van der Waals surface area contributed by atoms with Crippen LogP contribution in [-0.4, -0.2) is 47.2 Å². The summed E-state index contributed by atoms with van der Waals surface area (Å²) in [5.41, 5.74) is 0.989. The van der Waals surface area contributed by atoms with Crippen LogP contribution in [0.5, 0.6) is 0 Å². The molecule has 1 unspecified atom stereocenters. The quantitative estimate of drug-likeness (QED) is 0.884. The van der Waals surface area contributed by atoms with Crippen molar-refractivity contribution in [2.75, 3.05) is 31.1 Å². The molecule has 2 aliphatic rings. The van der Waals surface area contributed by atoms with Gasteiger partial charge in [0.2, 0.25) is 0 Å². The number of hydrogen-bond acceptors (Lipinski definition) is 5. The molecule has 1 aromatic rings. The summed E-state index contributed by atoms with van der Waals surface area (Å²) in [5, 5.41) is 10.4. The fraction of sp³-hybridized carbons (Fsp3) is 0.769. The van der Waals surface area contributed by atoms with E-state index in [9.17, 15) is 5.11 Å². The summed E-state index contributed by atoms with van der Waals surface area (Å²) in [4.78, 5) is 10.7. The first-order valence-electron chi connectivity index (χ1n) is 6.84. The Kier molecular flexibility index (Phi) is 3.54. The molecule has 0 spiro atoms. The summed E-state index contributed by atoms with van der Waals surface area (Å²) in [6, 6.07) is 0.717. The number of hydrogen-bond donors (Lipinski definition) is 1. The number of nitrogens with zero attached hydrogens (tertiary/aromatic N) is 3. The minimum Gasteiger partial charge on any atom is -0.391 e. The molecule has 4 nitrogen and oxygen atoms in total. The lowest BCUT2D eigenvalue weighted by Crippen LogP contribution is -2.54. The van der Waals surface area contributed by atoms with Crippen molar-refractivity contribution >= 4 is 16.5 Å². The van der Waals surface area contributed by atoms with E-state index in [4.69, 9.17) is 0 Å². The van der Waals surface area contributed by atoms with Gasteiger partial charge in [-0.25, -0.2) is 4.98 Å². The minimum atomic E-state index is 0.118. The third kappa shape index (κ3) is 2.27. The van der Waals surface area contributed by atoms with Crippen LogP contribution < -0.4 is 4.90 Å². The number of anilines is 1. The monoisotopic (exact) mass is 267 g/mol. The Morgan fingerprint density at radius 2 is 2.22 bits per heavy atom. The molecule has 1 atom stereocenters. The number of rotatable bonds is 2. The van der Waals surface area contributed by atoms with E-state index in [0.717, 1.165) is 35.3 Å². The van der Waals surface area contributed by atoms with Crippen molar-refractivity contribution in [2.45, 2.75) is 38.8 Å². The third-order valence-corrected chi connectivity index (χ3v) is 5.34. The van der Waals surface area contributed by atoms with E-state index in [-0.39, 0.29) is 6.61 Å². The van der Waals surface area contributed by atoms with E-state index in [1.807, 2.05) is 6.92 Å². The zero-order valence-corrected chi connectivity index (χ0v) is 11.7. The second-order valence-electron chi connectivity index (χ2n) is 5.29. The molecule has 3 heterocycles. The molecule has 5 heteroatoms. The molecular weight excluding hydrogens is 246 g/mol. The molecule has 3 rings (SSSR count). The first-order chi connectivity index (χ1) is 8.78. The lowest BCUT2D eigenvalue weighted by molar-refractivity contribution is 0.133. The van der Waals surface area contributed by atoms with Crippen LogP contribution in [0.15, 0.2) is 0 Å². The number of piperidine rings is 1. The number of aromatic nitrogens is 1. The first-order valence-corrected chi connectivity index (χ1v) is 7.65. The normalized spacial score (nSPS) is 25.2. The number of piperazine rings is 1. The SMILES string of the molecule is Cc1nc(N2CCN3CCCCC3C2)sc1CO. The molecule has 2 aliphatic heterocycles. The van der Waals surface area contributed by atoms with Crippen molar-refractivity contribution in [1.29, 1.82) is 0 Å². The Morgan fingerprint density at radius 1 is 1.33 bits per heavy atom. The highest BCUT2D eigenvalue weighted by Crippen LogP contribution is 2.29. The zero-order chi connectivity index (χ0) is 12.5. The molecule has 0 aromatic carbocycles. The van der Waals surface area contributed by atoms with Crippen LogP contribution in [0.1, 0.15) is 29.8 Å². The molecule has 0 amide bonds. The van der Waals surface area contributed by atoms with Crippen molar-refractivity contribution in [3.05, 3.63) is 10.6 Å². The predicted molar refractivity (Wildman–Crippen MR) is 74.2 cm³/mol. The Bertz CT molecular complexity index is 420.